The van der Waals surface area contributed by atoms with Gasteiger partial charge in [-0.3, -0.25) is 4.79 Å². The maximum absolute atomic E-state index is 12.0. The summed E-state index contributed by atoms with van der Waals surface area (Å²) in [6.45, 7) is 5.11. The molecule has 0 saturated carbocycles. The van der Waals surface area contributed by atoms with Crippen LogP contribution in [0.3, 0.4) is 0 Å². The first kappa shape index (κ1) is 14.8. The molecule has 0 radical (unpaired) electrons. The summed E-state index contributed by atoms with van der Waals surface area (Å²) in [5.74, 6) is 0.204. The fraction of sp³-hybridized carbons (Fsp3) is 0.929. The molecule has 19 heavy (non-hydrogen) atoms. The standard InChI is InChI=1S/C14H27N3O2/c1-19-11-3-8-17-9-5-12(6-10-17)16-14(18)13-4-2-7-15-13/h12-13,15H,2-11H2,1H3,(H,16,18)/t13-/m0/s1. The number of likely N-dealkylation sites (tertiary alicyclic amines) is 1. The lowest BCUT2D eigenvalue weighted by Crippen LogP contribution is -2.49. The predicted molar refractivity (Wildman–Crippen MR) is 75.1 cm³/mol. The van der Waals surface area contributed by atoms with E-state index in [1.54, 1.807) is 7.11 Å². The van der Waals surface area contributed by atoms with Gasteiger partial charge in [0, 0.05) is 39.4 Å². The summed E-state index contributed by atoms with van der Waals surface area (Å²) in [6.07, 6.45) is 5.36. The van der Waals surface area contributed by atoms with Crippen molar-refractivity contribution in [3.05, 3.63) is 0 Å². The highest BCUT2D eigenvalue weighted by Crippen LogP contribution is 2.12. The van der Waals surface area contributed by atoms with Crippen molar-refractivity contribution in [3.63, 3.8) is 0 Å². The van der Waals surface area contributed by atoms with Gasteiger partial charge >= 0.3 is 0 Å². The van der Waals surface area contributed by atoms with Gasteiger partial charge in [0.1, 0.15) is 0 Å². The molecular weight excluding hydrogens is 242 g/mol. The second kappa shape index (κ2) is 7.82. The van der Waals surface area contributed by atoms with Crippen LogP contribution in [-0.4, -0.2) is 62.8 Å². The van der Waals surface area contributed by atoms with E-state index in [0.717, 1.165) is 64.9 Å². The Morgan fingerprint density at radius 2 is 2.16 bits per heavy atom. The molecule has 1 amide bonds. The summed E-state index contributed by atoms with van der Waals surface area (Å²) in [7, 11) is 1.75. The molecule has 0 bridgehead atoms. The van der Waals surface area contributed by atoms with Crippen molar-refractivity contribution >= 4 is 5.91 Å². The van der Waals surface area contributed by atoms with Crippen LogP contribution in [0.25, 0.3) is 0 Å². The molecule has 2 heterocycles. The van der Waals surface area contributed by atoms with Gasteiger partial charge in [0.25, 0.3) is 0 Å². The number of methoxy groups -OCH3 is 1. The van der Waals surface area contributed by atoms with Crippen molar-refractivity contribution in [3.8, 4) is 0 Å². The van der Waals surface area contributed by atoms with E-state index in [2.05, 4.69) is 15.5 Å². The van der Waals surface area contributed by atoms with Crippen molar-refractivity contribution in [2.45, 2.75) is 44.2 Å². The molecule has 2 aliphatic rings. The Labute approximate surface area is 116 Å². The van der Waals surface area contributed by atoms with Crippen LogP contribution in [0.1, 0.15) is 32.1 Å². The number of rotatable bonds is 6. The van der Waals surface area contributed by atoms with Gasteiger partial charge in [-0.2, -0.15) is 0 Å². The normalized spacial score (nSPS) is 25.6. The molecule has 2 fully saturated rings. The van der Waals surface area contributed by atoms with Crippen LogP contribution in [0.5, 0.6) is 0 Å². The Hall–Kier alpha value is -0.650. The molecule has 0 aromatic heterocycles. The zero-order valence-electron chi connectivity index (χ0n) is 12.0. The van der Waals surface area contributed by atoms with E-state index in [-0.39, 0.29) is 11.9 Å². The number of carbonyl (C=O) groups is 1. The average molecular weight is 269 g/mol. The van der Waals surface area contributed by atoms with Gasteiger partial charge in [0.05, 0.1) is 6.04 Å². The van der Waals surface area contributed by atoms with Crippen LogP contribution < -0.4 is 10.6 Å². The molecule has 2 saturated heterocycles. The Balaban J connectivity index is 1.61. The lowest BCUT2D eigenvalue weighted by Gasteiger charge is -2.32. The van der Waals surface area contributed by atoms with Crippen molar-refractivity contribution in [2.75, 3.05) is 39.9 Å². The molecular formula is C14H27N3O2. The van der Waals surface area contributed by atoms with E-state index in [1.165, 1.54) is 0 Å². The Morgan fingerprint density at radius 3 is 2.79 bits per heavy atom. The van der Waals surface area contributed by atoms with Crippen LogP contribution in [0.4, 0.5) is 0 Å². The van der Waals surface area contributed by atoms with E-state index in [9.17, 15) is 4.79 Å². The summed E-state index contributed by atoms with van der Waals surface area (Å²) >= 11 is 0. The van der Waals surface area contributed by atoms with Crippen LogP contribution in [0, 0.1) is 0 Å². The number of carbonyl (C=O) groups excluding carboxylic acids is 1. The number of ether oxygens (including phenoxy) is 1. The molecule has 1 atom stereocenters. The average Bonchev–Trinajstić information content (AvgIpc) is 2.95. The molecule has 2 aliphatic heterocycles. The number of amides is 1. The SMILES string of the molecule is COCCCN1CCC(NC(=O)[C@@H]2CCCN2)CC1. The lowest BCUT2D eigenvalue weighted by atomic mass is 10.0. The molecule has 110 valence electrons. The van der Waals surface area contributed by atoms with Crippen LogP contribution in [0.15, 0.2) is 0 Å². The first-order valence-electron chi connectivity index (χ1n) is 7.54. The van der Waals surface area contributed by atoms with Crippen molar-refractivity contribution in [1.82, 2.24) is 15.5 Å². The summed E-state index contributed by atoms with van der Waals surface area (Å²) in [5, 5.41) is 6.45. The molecule has 0 aromatic carbocycles. The first-order valence-corrected chi connectivity index (χ1v) is 7.54. The van der Waals surface area contributed by atoms with Gasteiger partial charge < -0.3 is 20.3 Å². The van der Waals surface area contributed by atoms with Gasteiger partial charge in [-0.1, -0.05) is 0 Å². The minimum atomic E-state index is 0.0553. The smallest absolute Gasteiger partial charge is 0.237 e. The molecule has 2 rings (SSSR count). The Morgan fingerprint density at radius 1 is 1.37 bits per heavy atom. The first-order chi connectivity index (χ1) is 9.29. The minimum absolute atomic E-state index is 0.0553. The highest BCUT2D eigenvalue weighted by atomic mass is 16.5. The zero-order chi connectivity index (χ0) is 13.5. The molecule has 5 nitrogen and oxygen atoms in total. The van der Waals surface area contributed by atoms with Crippen LogP contribution in [0.2, 0.25) is 0 Å². The number of piperidine rings is 1. The maximum Gasteiger partial charge on any atom is 0.237 e. The Bertz CT molecular complexity index is 272. The van der Waals surface area contributed by atoms with E-state index in [1.807, 2.05) is 0 Å². The number of nitrogens with one attached hydrogen (secondary N) is 2. The van der Waals surface area contributed by atoms with Crippen LogP contribution in [-0.2, 0) is 9.53 Å². The summed E-state index contributed by atoms with van der Waals surface area (Å²) in [6, 6.07) is 0.424. The number of hydrogen-bond donors (Lipinski definition) is 2. The largest absolute Gasteiger partial charge is 0.385 e. The molecule has 0 unspecified atom stereocenters. The third kappa shape index (κ3) is 4.75. The Kier molecular flexibility index (Phi) is 6.07. The van der Waals surface area contributed by atoms with E-state index < -0.39 is 0 Å². The third-order valence-corrected chi connectivity index (χ3v) is 4.13. The lowest BCUT2D eigenvalue weighted by molar-refractivity contribution is -0.123. The van der Waals surface area contributed by atoms with Gasteiger partial charge in [-0.25, -0.2) is 0 Å². The molecule has 5 heteroatoms. The maximum atomic E-state index is 12.0. The monoisotopic (exact) mass is 269 g/mol. The van der Waals surface area contributed by atoms with Gasteiger partial charge in [-0.15, -0.1) is 0 Å². The van der Waals surface area contributed by atoms with Gasteiger partial charge in [0.15, 0.2) is 0 Å². The molecule has 2 N–H and O–H groups in total. The fourth-order valence-electron chi connectivity index (χ4n) is 2.94. The highest BCUT2D eigenvalue weighted by molar-refractivity contribution is 5.82. The van der Waals surface area contributed by atoms with Crippen molar-refractivity contribution < 1.29 is 9.53 Å². The quantitative estimate of drug-likeness (QED) is 0.684. The zero-order valence-corrected chi connectivity index (χ0v) is 12.0. The third-order valence-electron chi connectivity index (χ3n) is 4.13. The van der Waals surface area contributed by atoms with E-state index in [4.69, 9.17) is 4.74 Å². The van der Waals surface area contributed by atoms with Gasteiger partial charge in [0.2, 0.25) is 5.91 Å². The van der Waals surface area contributed by atoms with E-state index in [0.29, 0.717) is 6.04 Å². The number of hydrogen-bond acceptors (Lipinski definition) is 4. The van der Waals surface area contributed by atoms with Crippen LogP contribution >= 0.6 is 0 Å². The summed E-state index contributed by atoms with van der Waals surface area (Å²) < 4.78 is 5.07. The second-order valence-electron chi connectivity index (χ2n) is 5.62. The highest BCUT2D eigenvalue weighted by Gasteiger charge is 2.26. The van der Waals surface area contributed by atoms with Gasteiger partial charge in [-0.05, 0) is 38.6 Å². The van der Waals surface area contributed by atoms with E-state index >= 15 is 0 Å². The topological polar surface area (TPSA) is 53.6 Å². The minimum Gasteiger partial charge on any atom is -0.385 e. The summed E-state index contributed by atoms with van der Waals surface area (Å²) in [5.41, 5.74) is 0. The number of nitrogens with zero attached hydrogens (tertiary/aromatic N) is 1. The molecule has 0 spiro atoms. The van der Waals surface area contributed by atoms with Crippen molar-refractivity contribution in [2.24, 2.45) is 0 Å². The molecule has 0 aromatic rings. The van der Waals surface area contributed by atoms with Crippen molar-refractivity contribution in [1.29, 1.82) is 0 Å². The second-order valence-corrected chi connectivity index (χ2v) is 5.62. The fourth-order valence-corrected chi connectivity index (χ4v) is 2.94. The molecule has 0 aliphatic carbocycles. The predicted octanol–water partition coefficient (Wildman–Crippen LogP) is 0.356. The summed E-state index contributed by atoms with van der Waals surface area (Å²) in [4.78, 5) is 14.5.